The van der Waals surface area contributed by atoms with E-state index in [1.165, 1.54) is 12.8 Å². The molecule has 0 aromatic carbocycles. The largest absolute Gasteiger partial charge is 0.294 e. The molecule has 1 heterocycles. The average Bonchev–Trinajstić information content (AvgIpc) is 2.37. The van der Waals surface area contributed by atoms with E-state index in [1.807, 2.05) is 0 Å². The number of halogens is 1. The van der Waals surface area contributed by atoms with Gasteiger partial charge in [-0.2, -0.15) is 0 Å². The van der Waals surface area contributed by atoms with Crippen LogP contribution in [0.3, 0.4) is 0 Å². The minimum atomic E-state index is 0.164. The van der Waals surface area contributed by atoms with E-state index in [1.54, 1.807) is 0 Å². The van der Waals surface area contributed by atoms with Crippen molar-refractivity contribution in [2.24, 2.45) is 0 Å². The predicted octanol–water partition coefficient (Wildman–Crippen LogP) is 0.966. The molecule has 0 aromatic rings. The van der Waals surface area contributed by atoms with Gasteiger partial charge in [-0.25, -0.2) is 4.39 Å². The standard InChI is InChI=1S/C6H9FN/c7-5-3-8(4-5)6-1-2-6/h6H,1-4H2. The number of rotatable bonds is 1. The number of hydrogen-bond acceptors (Lipinski definition) is 1. The molecule has 0 spiro atoms. The van der Waals surface area contributed by atoms with Crippen molar-refractivity contribution >= 4 is 0 Å². The molecule has 1 nitrogen and oxygen atoms in total. The lowest BCUT2D eigenvalue weighted by Crippen LogP contribution is -2.44. The van der Waals surface area contributed by atoms with Crippen LogP contribution in [0.25, 0.3) is 0 Å². The van der Waals surface area contributed by atoms with Crippen LogP contribution < -0.4 is 0 Å². The summed E-state index contributed by atoms with van der Waals surface area (Å²) < 4.78 is 12.0. The highest BCUT2D eigenvalue weighted by Crippen LogP contribution is 2.33. The molecule has 1 aliphatic heterocycles. The smallest absolute Gasteiger partial charge is 0.172 e. The lowest BCUT2D eigenvalue weighted by Gasteiger charge is -2.33. The van der Waals surface area contributed by atoms with Crippen LogP contribution in [-0.4, -0.2) is 24.0 Å². The Morgan fingerprint density at radius 1 is 1.38 bits per heavy atom. The Bertz CT molecular complexity index is 94.7. The molecule has 0 aromatic heterocycles. The van der Waals surface area contributed by atoms with Crippen molar-refractivity contribution in [3.05, 3.63) is 6.17 Å². The second-order valence-electron chi connectivity index (χ2n) is 2.65. The zero-order valence-electron chi connectivity index (χ0n) is 4.73. The maximum atomic E-state index is 12.0. The topological polar surface area (TPSA) is 3.24 Å². The third-order valence-corrected chi connectivity index (χ3v) is 1.81. The van der Waals surface area contributed by atoms with E-state index in [0.29, 0.717) is 13.1 Å². The van der Waals surface area contributed by atoms with Crippen molar-refractivity contribution in [3.8, 4) is 0 Å². The van der Waals surface area contributed by atoms with E-state index >= 15 is 0 Å². The van der Waals surface area contributed by atoms with E-state index in [2.05, 4.69) is 4.90 Å². The van der Waals surface area contributed by atoms with Crippen LogP contribution >= 0.6 is 0 Å². The van der Waals surface area contributed by atoms with Crippen LogP contribution in [0.1, 0.15) is 12.8 Å². The molecule has 0 atom stereocenters. The molecule has 0 N–H and O–H groups in total. The van der Waals surface area contributed by atoms with E-state index in [-0.39, 0.29) is 6.17 Å². The van der Waals surface area contributed by atoms with Gasteiger partial charge in [0.1, 0.15) is 0 Å². The molecule has 2 fully saturated rings. The first kappa shape index (κ1) is 4.74. The van der Waals surface area contributed by atoms with Gasteiger partial charge >= 0.3 is 0 Å². The summed E-state index contributed by atoms with van der Waals surface area (Å²) in [6.07, 6.45) is 2.76. The highest BCUT2D eigenvalue weighted by Gasteiger charge is 2.38. The first-order valence-corrected chi connectivity index (χ1v) is 3.10. The first-order valence-electron chi connectivity index (χ1n) is 3.10. The molecule has 2 rings (SSSR count). The summed E-state index contributed by atoms with van der Waals surface area (Å²) in [5.74, 6) is 0. The van der Waals surface area contributed by atoms with Gasteiger partial charge < -0.3 is 0 Å². The fraction of sp³-hybridized carbons (Fsp3) is 0.833. The lowest BCUT2D eigenvalue weighted by atomic mass is 10.2. The molecule has 1 aliphatic carbocycles. The summed E-state index contributed by atoms with van der Waals surface area (Å²) in [4.78, 5) is 2.19. The minimum Gasteiger partial charge on any atom is -0.294 e. The molecule has 0 amide bonds. The van der Waals surface area contributed by atoms with Gasteiger partial charge in [0.05, 0.1) is 0 Å². The fourth-order valence-corrected chi connectivity index (χ4v) is 1.09. The number of likely N-dealkylation sites (tertiary alicyclic amines) is 1. The van der Waals surface area contributed by atoms with Gasteiger partial charge in [-0.15, -0.1) is 0 Å². The minimum absolute atomic E-state index is 0.164. The summed E-state index contributed by atoms with van der Waals surface area (Å²) in [6, 6.07) is 0.759. The van der Waals surface area contributed by atoms with Crippen molar-refractivity contribution in [1.82, 2.24) is 4.90 Å². The molecular weight excluding hydrogens is 105 g/mol. The van der Waals surface area contributed by atoms with Crippen molar-refractivity contribution in [1.29, 1.82) is 0 Å². The van der Waals surface area contributed by atoms with Gasteiger partial charge in [-0.1, -0.05) is 0 Å². The Labute approximate surface area is 48.5 Å². The molecular formula is C6H9FN. The summed E-state index contributed by atoms with van der Waals surface area (Å²) in [7, 11) is 0. The molecule has 2 heteroatoms. The van der Waals surface area contributed by atoms with Gasteiger partial charge in [0.15, 0.2) is 6.17 Å². The maximum absolute atomic E-state index is 12.0. The van der Waals surface area contributed by atoms with Gasteiger partial charge in [0, 0.05) is 19.1 Å². The van der Waals surface area contributed by atoms with Crippen molar-refractivity contribution in [3.63, 3.8) is 0 Å². The average molecular weight is 114 g/mol. The highest BCUT2D eigenvalue weighted by molar-refractivity contribution is 5.02. The molecule has 8 heavy (non-hydrogen) atoms. The van der Waals surface area contributed by atoms with Gasteiger partial charge in [0.2, 0.25) is 0 Å². The monoisotopic (exact) mass is 114 g/mol. The third-order valence-electron chi connectivity index (χ3n) is 1.81. The second-order valence-corrected chi connectivity index (χ2v) is 2.65. The fourth-order valence-electron chi connectivity index (χ4n) is 1.09. The zero-order chi connectivity index (χ0) is 5.56. The Morgan fingerprint density at radius 3 is 2.38 bits per heavy atom. The summed E-state index contributed by atoms with van der Waals surface area (Å²) in [5.41, 5.74) is 0. The molecule has 1 saturated carbocycles. The first-order chi connectivity index (χ1) is 3.86. The van der Waals surface area contributed by atoms with Crippen LogP contribution in [0.5, 0.6) is 0 Å². The Balaban J connectivity index is 1.78. The van der Waals surface area contributed by atoms with Crippen molar-refractivity contribution in [2.45, 2.75) is 18.9 Å². The third kappa shape index (κ3) is 0.635. The SMILES string of the molecule is F[C]1CN(C2CC2)C1. The van der Waals surface area contributed by atoms with Crippen LogP contribution in [-0.2, 0) is 0 Å². The Morgan fingerprint density at radius 2 is 2.00 bits per heavy atom. The normalized spacial score (nSPS) is 32.6. The zero-order valence-corrected chi connectivity index (χ0v) is 4.73. The van der Waals surface area contributed by atoms with Crippen LogP contribution in [0.2, 0.25) is 0 Å². The maximum Gasteiger partial charge on any atom is 0.172 e. The van der Waals surface area contributed by atoms with Gasteiger partial charge in [-0.05, 0) is 12.8 Å². The van der Waals surface area contributed by atoms with Gasteiger partial charge in [0.25, 0.3) is 0 Å². The van der Waals surface area contributed by atoms with Crippen LogP contribution in [0.15, 0.2) is 0 Å². The Hall–Kier alpha value is -0.110. The molecule has 0 bridgehead atoms. The van der Waals surface area contributed by atoms with E-state index in [4.69, 9.17) is 0 Å². The predicted molar refractivity (Wildman–Crippen MR) is 28.9 cm³/mol. The van der Waals surface area contributed by atoms with Crippen LogP contribution in [0.4, 0.5) is 4.39 Å². The molecule has 0 unspecified atom stereocenters. The van der Waals surface area contributed by atoms with E-state index in [9.17, 15) is 4.39 Å². The van der Waals surface area contributed by atoms with Gasteiger partial charge in [-0.3, -0.25) is 4.90 Å². The summed E-state index contributed by atoms with van der Waals surface area (Å²) in [5, 5.41) is 0. The molecule has 1 saturated heterocycles. The van der Waals surface area contributed by atoms with Crippen molar-refractivity contribution < 1.29 is 4.39 Å². The highest BCUT2D eigenvalue weighted by atomic mass is 19.1. The Kier molecular flexibility index (Phi) is 0.852. The van der Waals surface area contributed by atoms with Crippen molar-refractivity contribution in [2.75, 3.05) is 13.1 Å². The lowest BCUT2D eigenvalue weighted by molar-refractivity contribution is 0.135. The number of hydrogen-bond donors (Lipinski definition) is 0. The molecule has 1 radical (unpaired) electrons. The quantitative estimate of drug-likeness (QED) is 0.491. The molecule has 2 aliphatic rings. The van der Waals surface area contributed by atoms with E-state index < -0.39 is 0 Å². The van der Waals surface area contributed by atoms with E-state index in [0.717, 1.165) is 6.04 Å². The molecule has 45 valence electrons. The summed E-state index contributed by atoms with van der Waals surface area (Å²) >= 11 is 0. The number of nitrogens with zero attached hydrogens (tertiary/aromatic N) is 1. The summed E-state index contributed by atoms with van der Waals surface area (Å²) in [6.45, 7) is 1.26. The second kappa shape index (κ2) is 1.44. The van der Waals surface area contributed by atoms with Crippen LogP contribution in [0, 0.1) is 6.17 Å².